The lowest BCUT2D eigenvalue weighted by atomic mass is 9.97. The summed E-state index contributed by atoms with van der Waals surface area (Å²) in [5.74, 6) is 0.379. The van der Waals surface area contributed by atoms with E-state index in [1.807, 2.05) is 0 Å². The molecule has 1 unspecified atom stereocenters. The van der Waals surface area contributed by atoms with Crippen molar-refractivity contribution in [3.8, 4) is 0 Å². The van der Waals surface area contributed by atoms with Crippen LogP contribution in [0.3, 0.4) is 0 Å². The third kappa shape index (κ3) is 4.51. The van der Waals surface area contributed by atoms with E-state index in [4.69, 9.17) is 10.5 Å². The van der Waals surface area contributed by atoms with Crippen LogP contribution in [0.1, 0.15) is 31.0 Å². The highest BCUT2D eigenvalue weighted by Crippen LogP contribution is 2.19. The zero-order valence-corrected chi connectivity index (χ0v) is 12.1. The molecule has 1 aliphatic heterocycles. The van der Waals surface area contributed by atoms with Crippen molar-refractivity contribution in [1.29, 1.82) is 0 Å². The number of piperidine rings is 1. The molecule has 0 aliphatic carbocycles. The Bertz CT molecular complexity index is 391. The van der Waals surface area contributed by atoms with E-state index in [2.05, 4.69) is 9.88 Å². The minimum absolute atomic E-state index is 0.118. The van der Waals surface area contributed by atoms with Crippen LogP contribution in [0.2, 0.25) is 0 Å². The first-order chi connectivity index (χ1) is 9.69. The SMILES string of the molecule is COCC1CCN(CCC(N)c2ccc(F)cn2)CC1. The lowest BCUT2D eigenvalue weighted by Crippen LogP contribution is -2.36. The summed E-state index contributed by atoms with van der Waals surface area (Å²) < 4.78 is 18.0. The summed E-state index contributed by atoms with van der Waals surface area (Å²) in [5.41, 5.74) is 6.87. The Morgan fingerprint density at radius 3 is 2.80 bits per heavy atom. The molecule has 0 aromatic carbocycles. The van der Waals surface area contributed by atoms with Crippen molar-refractivity contribution < 1.29 is 9.13 Å². The number of hydrogen-bond donors (Lipinski definition) is 1. The van der Waals surface area contributed by atoms with Gasteiger partial charge in [-0.1, -0.05) is 0 Å². The largest absolute Gasteiger partial charge is 0.384 e. The molecule has 2 N–H and O–H groups in total. The Balaban J connectivity index is 1.71. The van der Waals surface area contributed by atoms with Crippen molar-refractivity contribution in [3.63, 3.8) is 0 Å². The molecule has 1 saturated heterocycles. The molecule has 4 nitrogen and oxygen atoms in total. The van der Waals surface area contributed by atoms with Crippen LogP contribution in [0, 0.1) is 11.7 Å². The number of ether oxygens (including phenoxy) is 1. The van der Waals surface area contributed by atoms with Crippen molar-refractivity contribution >= 4 is 0 Å². The number of rotatable bonds is 6. The van der Waals surface area contributed by atoms with Gasteiger partial charge in [0.1, 0.15) is 5.82 Å². The van der Waals surface area contributed by atoms with Crippen LogP contribution in [0.5, 0.6) is 0 Å². The van der Waals surface area contributed by atoms with Gasteiger partial charge < -0.3 is 15.4 Å². The smallest absolute Gasteiger partial charge is 0.141 e. The minimum Gasteiger partial charge on any atom is -0.384 e. The van der Waals surface area contributed by atoms with Gasteiger partial charge in [-0.3, -0.25) is 4.98 Å². The Morgan fingerprint density at radius 2 is 2.20 bits per heavy atom. The third-order valence-electron chi connectivity index (χ3n) is 4.00. The van der Waals surface area contributed by atoms with Gasteiger partial charge >= 0.3 is 0 Å². The quantitative estimate of drug-likeness (QED) is 0.866. The number of likely N-dealkylation sites (tertiary alicyclic amines) is 1. The number of aromatic nitrogens is 1. The molecule has 0 bridgehead atoms. The van der Waals surface area contributed by atoms with Gasteiger partial charge in [0.2, 0.25) is 0 Å². The number of methoxy groups -OCH3 is 1. The molecule has 2 heterocycles. The first-order valence-corrected chi connectivity index (χ1v) is 7.27. The van der Waals surface area contributed by atoms with Crippen LogP contribution in [-0.4, -0.2) is 43.2 Å². The highest BCUT2D eigenvalue weighted by Gasteiger charge is 2.19. The first-order valence-electron chi connectivity index (χ1n) is 7.27. The van der Waals surface area contributed by atoms with Gasteiger partial charge in [-0.15, -0.1) is 0 Å². The monoisotopic (exact) mass is 281 g/mol. The fourth-order valence-electron chi connectivity index (χ4n) is 2.69. The van der Waals surface area contributed by atoms with Gasteiger partial charge in [0.25, 0.3) is 0 Å². The Morgan fingerprint density at radius 1 is 1.45 bits per heavy atom. The van der Waals surface area contributed by atoms with Crippen molar-refractivity contribution in [2.24, 2.45) is 11.7 Å². The lowest BCUT2D eigenvalue weighted by Gasteiger charge is -2.32. The van der Waals surface area contributed by atoms with E-state index < -0.39 is 0 Å². The second kappa shape index (κ2) is 7.67. The maximum absolute atomic E-state index is 12.8. The van der Waals surface area contributed by atoms with Gasteiger partial charge in [0.15, 0.2) is 0 Å². The maximum atomic E-state index is 12.8. The summed E-state index contributed by atoms with van der Waals surface area (Å²) >= 11 is 0. The molecule has 1 atom stereocenters. The number of nitrogens with two attached hydrogens (primary N) is 1. The number of halogens is 1. The number of pyridine rings is 1. The standard InChI is InChI=1S/C15H24FN3O/c1-20-11-12-4-7-19(8-5-12)9-6-14(17)15-3-2-13(16)10-18-15/h2-3,10,12,14H,4-9,11,17H2,1H3. The lowest BCUT2D eigenvalue weighted by molar-refractivity contribution is 0.0982. The second-order valence-corrected chi connectivity index (χ2v) is 5.54. The molecule has 1 aromatic rings. The highest BCUT2D eigenvalue weighted by atomic mass is 19.1. The highest BCUT2D eigenvalue weighted by molar-refractivity contribution is 5.09. The molecule has 0 spiro atoms. The van der Waals surface area contributed by atoms with Crippen molar-refractivity contribution in [3.05, 3.63) is 29.8 Å². The van der Waals surface area contributed by atoms with Gasteiger partial charge in [0.05, 0.1) is 11.9 Å². The molecular formula is C15H24FN3O. The van der Waals surface area contributed by atoms with Gasteiger partial charge in [0, 0.05) is 19.8 Å². The summed E-state index contributed by atoms with van der Waals surface area (Å²) in [6, 6.07) is 2.97. The van der Waals surface area contributed by atoms with Crippen LogP contribution in [0.4, 0.5) is 4.39 Å². The predicted octanol–water partition coefficient (Wildman–Crippen LogP) is 1.97. The summed E-state index contributed by atoms with van der Waals surface area (Å²) in [5, 5.41) is 0. The van der Waals surface area contributed by atoms with E-state index in [0.29, 0.717) is 5.92 Å². The van der Waals surface area contributed by atoms with Crippen LogP contribution in [0.25, 0.3) is 0 Å². The Hall–Kier alpha value is -1.04. The van der Waals surface area contributed by atoms with Crippen LogP contribution in [0.15, 0.2) is 18.3 Å². The molecule has 0 amide bonds. The molecule has 112 valence electrons. The van der Waals surface area contributed by atoms with Crippen LogP contribution in [-0.2, 0) is 4.74 Å². The van der Waals surface area contributed by atoms with Crippen molar-refractivity contribution in [2.45, 2.75) is 25.3 Å². The summed E-state index contributed by atoms with van der Waals surface area (Å²) in [7, 11) is 1.76. The molecule has 2 rings (SSSR count). The second-order valence-electron chi connectivity index (χ2n) is 5.54. The molecule has 20 heavy (non-hydrogen) atoms. The number of nitrogens with zero attached hydrogens (tertiary/aromatic N) is 2. The van der Waals surface area contributed by atoms with E-state index in [1.54, 1.807) is 13.2 Å². The zero-order valence-electron chi connectivity index (χ0n) is 12.1. The average Bonchev–Trinajstić information content (AvgIpc) is 2.47. The van der Waals surface area contributed by atoms with Gasteiger partial charge in [-0.25, -0.2) is 4.39 Å². The summed E-state index contributed by atoms with van der Waals surface area (Å²) in [4.78, 5) is 6.48. The fraction of sp³-hybridized carbons (Fsp3) is 0.667. The van der Waals surface area contributed by atoms with Gasteiger partial charge in [-0.2, -0.15) is 0 Å². The fourth-order valence-corrected chi connectivity index (χ4v) is 2.69. The normalized spacial score (nSPS) is 19.1. The van der Waals surface area contributed by atoms with E-state index >= 15 is 0 Å². The molecule has 5 heteroatoms. The molecular weight excluding hydrogens is 257 g/mol. The first kappa shape index (κ1) is 15.4. The summed E-state index contributed by atoms with van der Waals surface area (Å²) in [6.07, 6.45) is 4.47. The topological polar surface area (TPSA) is 51.4 Å². The predicted molar refractivity (Wildman–Crippen MR) is 76.8 cm³/mol. The Labute approximate surface area is 120 Å². The number of hydrogen-bond acceptors (Lipinski definition) is 4. The van der Waals surface area contributed by atoms with Crippen LogP contribution < -0.4 is 5.73 Å². The molecule has 0 radical (unpaired) electrons. The van der Waals surface area contributed by atoms with E-state index in [9.17, 15) is 4.39 Å². The van der Waals surface area contributed by atoms with Crippen LogP contribution >= 0.6 is 0 Å². The Kier molecular flexibility index (Phi) is 5.88. The maximum Gasteiger partial charge on any atom is 0.141 e. The van der Waals surface area contributed by atoms with Crippen molar-refractivity contribution in [2.75, 3.05) is 33.4 Å². The molecule has 1 aliphatic rings. The third-order valence-corrected chi connectivity index (χ3v) is 4.00. The zero-order chi connectivity index (χ0) is 14.4. The molecule has 1 aromatic heterocycles. The molecule has 1 fully saturated rings. The van der Waals surface area contributed by atoms with E-state index in [-0.39, 0.29) is 11.9 Å². The van der Waals surface area contributed by atoms with E-state index in [0.717, 1.165) is 38.4 Å². The minimum atomic E-state index is -0.318. The van der Waals surface area contributed by atoms with Gasteiger partial charge in [-0.05, 0) is 56.9 Å². The van der Waals surface area contributed by atoms with E-state index in [1.165, 1.54) is 25.1 Å². The molecule has 0 saturated carbocycles. The summed E-state index contributed by atoms with van der Waals surface area (Å²) in [6.45, 7) is 4.06. The van der Waals surface area contributed by atoms with Crippen molar-refractivity contribution in [1.82, 2.24) is 9.88 Å². The average molecular weight is 281 g/mol.